The van der Waals surface area contributed by atoms with Crippen molar-refractivity contribution < 1.29 is 17.7 Å². The summed E-state index contributed by atoms with van der Waals surface area (Å²) < 4.78 is 41.6. The molecule has 4 nitrogen and oxygen atoms in total. The predicted molar refractivity (Wildman–Crippen MR) is 136 cm³/mol. The molecule has 34 heavy (non-hydrogen) atoms. The molecule has 0 fully saturated rings. The fraction of sp³-hybridized carbons (Fsp3) is 0.308. The molecule has 1 heterocycles. The highest BCUT2D eigenvalue weighted by molar-refractivity contribution is 8.14. The molecule has 0 radical (unpaired) electrons. The van der Waals surface area contributed by atoms with Gasteiger partial charge in [-0.2, -0.15) is 13.2 Å². The molecule has 0 unspecified atom stereocenters. The molecule has 0 atom stereocenters. The fourth-order valence-corrected chi connectivity index (χ4v) is 4.14. The third-order valence-electron chi connectivity index (χ3n) is 4.85. The lowest BCUT2D eigenvalue weighted by molar-refractivity contribution is -0.395. The van der Waals surface area contributed by atoms with E-state index in [1.807, 2.05) is 53.1 Å². The number of guanidine groups is 1. The summed E-state index contributed by atoms with van der Waals surface area (Å²) in [6.45, 7) is 6.17. The van der Waals surface area contributed by atoms with E-state index in [2.05, 4.69) is 35.5 Å². The van der Waals surface area contributed by atoms with Crippen molar-refractivity contribution in [3.8, 4) is 0 Å². The molecule has 0 saturated carbocycles. The van der Waals surface area contributed by atoms with Crippen LogP contribution in [0, 0.1) is 5.92 Å². The molecule has 0 bridgehead atoms. The molecule has 2 aromatic rings. The molecule has 1 aliphatic rings. The van der Waals surface area contributed by atoms with Crippen LogP contribution in [0.3, 0.4) is 0 Å². The topological polar surface area (TPSA) is 39.4 Å². The summed E-state index contributed by atoms with van der Waals surface area (Å²) in [5, 5.41) is 7.21. The van der Waals surface area contributed by atoms with E-state index in [-0.39, 0.29) is 0 Å². The molecule has 0 amide bonds. The number of nitrogens with one attached hydrogen (secondary N) is 2. The highest BCUT2D eigenvalue weighted by atomic mass is 32.2. The number of benzene rings is 2. The summed E-state index contributed by atoms with van der Waals surface area (Å²) >= 11 is 1.45. The third kappa shape index (κ3) is 8.09. The van der Waals surface area contributed by atoms with E-state index in [1.54, 1.807) is 6.07 Å². The van der Waals surface area contributed by atoms with Crippen molar-refractivity contribution in [2.75, 3.05) is 25.0 Å². The number of hydrogen-bond donors (Lipinski definition) is 2. The second kappa shape index (κ2) is 12.5. The maximum absolute atomic E-state index is 13.2. The van der Waals surface area contributed by atoms with Crippen molar-refractivity contribution in [3.63, 3.8) is 0 Å². The van der Waals surface area contributed by atoms with Crippen LogP contribution in [0.2, 0.25) is 0 Å². The number of allylic oxidation sites excluding steroid dienone is 3. The number of nitrogens with zero attached hydrogens (tertiary/aromatic N) is 2. The molecule has 180 valence electrons. The zero-order chi connectivity index (χ0) is 24.4. The Hall–Kier alpha value is -3.00. The van der Waals surface area contributed by atoms with Gasteiger partial charge in [0.1, 0.15) is 6.54 Å². The molecule has 2 N–H and O–H groups in total. The van der Waals surface area contributed by atoms with Gasteiger partial charge in [-0.05, 0) is 54.4 Å². The number of amidine groups is 1. The first-order valence-electron chi connectivity index (χ1n) is 11.2. The maximum Gasteiger partial charge on any atom is 0.416 e. The number of hydrogen-bond acceptors (Lipinski definition) is 3. The lowest BCUT2D eigenvalue weighted by atomic mass is 10.1. The Balaban J connectivity index is 1.79. The van der Waals surface area contributed by atoms with E-state index < -0.39 is 11.7 Å². The SMILES string of the molecule is CC(C)CC=CC=CCNC1=NCC[N+]1=C(Nc1cccc(C(F)(F)F)c1)Sc1ccccc1. The maximum atomic E-state index is 13.2. The number of alkyl halides is 3. The number of anilines is 1. The van der Waals surface area contributed by atoms with E-state index in [4.69, 9.17) is 0 Å². The van der Waals surface area contributed by atoms with Gasteiger partial charge in [0, 0.05) is 4.90 Å². The molecule has 8 heteroatoms. The Bertz CT molecular complexity index is 1060. The Labute approximate surface area is 203 Å². The average molecular weight is 488 g/mol. The molecular weight excluding hydrogens is 457 g/mol. The summed E-state index contributed by atoms with van der Waals surface area (Å²) in [4.78, 5) is 5.53. The van der Waals surface area contributed by atoms with Gasteiger partial charge in [0.25, 0.3) is 0 Å². The highest BCUT2D eigenvalue weighted by Gasteiger charge is 2.31. The van der Waals surface area contributed by atoms with Crippen LogP contribution in [0.25, 0.3) is 0 Å². The van der Waals surface area contributed by atoms with Gasteiger partial charge in [-0.15, -0.1) is 4.99 Å². The third-order valence-corrected chi connectivity index (χ3v) is 5.88. The van der Waals surface area contributed by atoms with E-state index in [9.17, 15) is 13.2 Å². The fourth-order valence-electron chi connectivity index (χ4n) is 3.17. The van der Waals surface area contributed by atoms with Crippen LogP contribution in [0.4, 0.5) is 18.9 Å². The van der Waals surface area contributed by atoms with Crippen molar-refractivity contribution in [3.05, 3.63) is 84.5 Å². The minimum atomic E-state index is -4.40. The lowest BCUT2D eigenvalue weighted by Gasteiger charge is -2.14. The van der Waals surface area contributed by atoms with Crippen molar-refractivity contribution in [1.29, 1.82) is 0 Å². The molecule has 0 spiro atoms. The quantitative estimate of drug-likeness (QED) is 0.206. The van der Waals surface area contributed by atoms with Crippen molar-refractivity contribution >= 4 is 28.6 Å². The van der Waals surface area contributed by atoms with E-state index in [0.29, 0.717) is 42.4 Å². The van der Waals surface area contributed by atoms with E-state index in [0.717, 1.165) is 23.4 Å². The van der Waals surface area contributed by atoms with Gasteiger partial charge < -0.3 is 0 Å². The van der Waals surface area contributed by atoms with Gasteiger partial charge in [-0.3, -0.25) is 10.6 Å². The predicted octanol–water partition coefficient (Wildman–Crippen LogP) is 6.40. The highest BCUT2D eigenvalue weighted by Crippen LogP contribution is 2.31. The molecule has 3 rings (SSSR count). The zero-order valence-electron chi connectivity index (χ0n) is 19.3. The molecule has 2 aromatic carbocycles. The van der Waals surface area contributed by atoms with Gasteiger partial charge in [0.15, 0.2) is 0 Å². The lowest BCUT2D eigenvalue weighted by Crippen LogP contribution is -2.37. The standard InChI is InChI=1S/C26H29F3N4S/c1-20(2)11-6-3-4-9-16-30-24-31-17-18-33(24)25(34-23-14-7-5-8-15-23)32-22-13-10-12-21(19-22)26(27,28)29/h3-10,12-15,19-20H,11,16-18H2,1-2H3,(H,30,31)/p+1. The first-order chi connectivity index (χ1) is 16.3. The Morgan fingerprint density at radius 3 is 2.59 bits per heavy atom. The molecular formula is C26H30F3N4S+. The average Bonchev–Trinajstić information content (AvgIpc) is 3.27. The summed E-state index contributed by atoms with van der Waals surface area (Å²) in [6.07, 6.45) is 4.83. The van der Waals surface area contributed by atoms with Gasteiger partial charge in [0.2, 0.25) is 5.17 Å². The molecule has 0 saturated heterocycles. The minimum absolute atomic E-state index is 0.370. The number of halogens is 3. The number of rotatable bonds is 7. The molecule has 1 aliphatic heterocycles. The van der Waals surface area contributed by atoms with Crippen LogP contribution >= 0.6 is 11.8 Å². The second-order valence-corrected chi connectivity index (χ2v) is 9.21. The number of thioether (sulfide) groups is 1. The Morgan fingerprint density at radius 2 is 1.85 bits per heavy atom. The van der Waals surface area contributed by atoms with Crippen LogP contribution in [0.1, 0.15) is 25.8 Å². The summed E-state index contributed by atoms with van der Waals surface area (Å²) in [5.74, 6) is 1.32. The van der Waals surface area contributed by atoms with Crippen LogP contribution in [0.5, 0.6) is 0 Å². The van der Waals surface area contributed by atoms with Crippen LogP contribution in [-0.4, -0.2) is 35.3 Å². The van der Waals surface area contributed by atoms with Crippen LogP contribution in [0.15, 0.2) is 88.8 Å². The monoisotopic (exact) mass is 487 g/mol. The molecule has 0 aromatic heterocycles. The van der Waals surface area contributed by atoms with Crippen molar-refractivity contribution in [1.82, 2.24) is 5.32 Å². The van der Waals surface area contributed by atoms with Crippen molar-refractivity contribution in [2.45, 2.75) is 31.3 Å². The normalized spacial score (nSPS) is 15.9. The van der Waals surface area contributed by atoms with E-state index in [1.165, 1.54) is 17.8 Å². The van der Waals surface area contributed by atoms with Crippen LogP contribution in [-0.2, 0) is 6.18 Å². The van der Waals surface area contributed by atoms with E-state index >= 15 is 0 Å². The van der Waals surface area contributed by atoms with Crippen molar-refractivity contribution in [2.24, 2.45) is 10.9 Å². The Kier molecular flexibility index (Phi) is 9.39. The van der Waals surface area contributed by atoms with Gasteiger partial charge in [-0.1, -0.05) is 62.4 Å². The number of aliphatic imine (C=N–C) groups is 1. The second-order valence-electron chi connectivity index (χ2n) is 8.15. The largest absolute Gasteiger partial charge is 0.416 e. The summed E-state index contributed by atoms with van der Waals surface area (Å²) in [6, 6.07) is 14.9. The molecule has 0 aliphatic carbocycles. The smallest absolute Gasteiger partial charge is 0.291 e. The van der Waals surface area contributed by atoms with Crippen LogP contribution < -0.4 is 10.6 Å². The first-order valence-corrected chi connectivity index (χ1v) is 12.1. The van der Waals surface area contributed by atoms with Gasteiger partial charge in [-0.25, -0.2) is 4.58 Å². The minimum Gasteiger partial charge on any atom is -0.291 e. The summed E-state index contributed by atoms with van der Waals surface area (Å²) in [5.41, 5.74) is -0.319. The zero-order valence-corrected chi connectivity index (χ0v) is 20.2. The van der Waals surface area contributed by atoms with Gasteiger partial charge in [0.05, 0.1) is 24.3 Å². The first kappa shape index (κ1) is 25.6. The summed E-state index contributed by atoms with van der Waals surface area (Å²) in [7, 11) is 0. The van der Waals surface area contributed by atoms with Gasteiger partial charge >= 0.3 is 12.1 Å². The Morgan fingerprint density at radius 1 is 1.09 bits per heavy atom.